The Hall–Kier alpha value is -2.02. The van der Waals surface area contributed by atoms with Gasteiger partial charge in [0.2, 0.25) is 11.8 Å². The van der Waals surface area contributed by atoms with Crippen molar-refractivity contribution in [2.24, 2.45) is 5.92 Å². The van der Waals surface area contributed by atoms with Crippen LogP contribution in [0.1, 0.15) is 68.1 Å². The van der Waals surface area contributed by atoms with Crippen LogP contribution in [0.2, 0.25) is 0 Å². The molecule has 4 heterocycles. The van der Waals surface area contributed by atoms with Gasteiger partial charge in [0, 0.05) is 50.3 Å². The van der Waals surface area contributed by atoms with Crippen molar-refractivity contribution in [3.63, 3.8) is 0 Å². The predicted octanol–water partition coefficient (Wildman–Crippen LogP) is 1.92. The molecule has 3 fully saturated rings. The SMILES string of the molecule is CN1CCC[C@@H]1c1ncc2c(n1)CCN(C(=O)[C@@H]1CC(=O)N(C3CCCC3)C1)C2. The number of aromatic nitrogens is 2. The van der Waals surface area contributed by atoms with Gasteiger partial charge in [-0.15, -0.1) is 0 Å². The fourth-order valence-corrected chi connectivity index (χ4v) is 5.64. The highest BCUT2D eigenvalue weighted by Gasteiger charge is 2.40. The molecule has 1 aromatic rings. The van der Waals surface area contributed by atoms with Crippen LogP contribution >= 0.6 is 0 Å². The summed E-state index contributed by atoms with van der Waals surface area (Å²) in [6, 6.07) is 0.689. The van der Waals surface area contributed by atoms with Crippen LogP contribution in [-0.4, -0.2) is 69.2 Å². The molecule has 0 bridgehead atoms. The topological polar surface area (TPSA) is 69.6 Å². The molecular formula is C22H31N5O2. The Balaban J connectivity index is 1.25. The van der Waals surface area contributed by atoms with Gasteiger partial charge in [-0.3, -0.25) is 14.5 Å². The van der Waals surface area contributed by atoms with E-state index in [1.54, 1.807) is 0 Å². The Morgan fingerprint density at radius 3 is 2.72 bits per heavy atom. The van der Waals surface area contributed by atoms with Gasteiger partial charge in [0.15, 0.2) is 0 Å². The van der Waals surface area contributed by atoms with E-state index in [9.17, 15) is 9.59 Å². The maximum Gasteiger partial charge on any atom is 0.228 e. The molecule has 0 N–H and O–H groups in total. The molecule has 5 rings (SSSR count). The molecule has 1 saturated carbocycles. The third-order valence-corrected chi connectivity index (χ3v) is 7.36. The van der Waals surface area contributed by atoms with Gasteiger partial charge in [-0.2, -0.15) is 0 Å². The first-order valence-electron chi connectivity index (χ1n) is 11.2. The molecule has 1 aliphatic carbocycles. The fourth-order valence-electron chi connectivity index (χ4n) is 5.64. The number of likely N-dealkylation sites (tertiary alicyclic amines) is 2. The lowest BCUT2D eigenvalue weighted by atomic mass is 10.0. The lowest BCUT2D eigenvalue weighted by molar-refractivity contribution is -0.136. The molecule has 3 aliphatic heterocycles. The van der Waals surface area contributed by atoms with Crippen LogP contribution in [0.15, 0.2) is 6.20 Å². The van der Waals surface area contributed by atoms with Gasteiger partial charge in [-0.25, -0.2) is 9.97 Å². The van der Waals surface area contributed by atoms with E-state index in [2.05, 4.69) is 16.9 Å². The van der Waals surface area contributed by atoms with E-state index < -0.39 is 0 Å². The number of fused-ring (bicyclic) bond motifs is 1. The van der Waals surface area contributed by atoms with Gasteiger partial charge in [0.05, 0.1) is 17.7 Å². The Kier molecular flexibility index (Phi) is 5.02. The summed E-state index contributed by atoms with van der Waals surface area (Å²) in [7, 11) is 2.14. The number of carbonyl (C=O) groups excluding carboxylic acids is 2. The van der Waals surface area contributed by atoms with Crippen molar-refractivity contribution < 1.29 is 9.59 Å². The second-order valence-electron chi connectivity index (χ2n) is 9.23. The van der Waals surface area contributed by atoms with E-state index >= 15 is 0 Å². The molecule has 0 radical (unpaired) electrons. The molecule has 0 unspecified atom stereocenters. The maximum absolute atomic E-state index is 13.1. The van der Waals surface area contributed by atoms with E-state index in [4.69, 9.17) is 4.98 Å². The normalized spacial score (nSPS) is 28.4. The summed E-state index contributed by atoms with van der Waals surface area (Å²) in [5.74, 6) is 1.04. The molecule has 7 heteroatoms. The van der Waals surface area contributed by atoms with Crippen LogP contribution in [0, 0.1) is 5.92 Å². The van der Waals surface area contributed by atoms with Crippen molar-refractivity contribution in [3.8, 4) is 0 Å². The number of rotatable bonds is 3. The zero-order chi connectivity index (χ0) is 20.0. The van der Waals surface area contributed by atoms with Crippen molar-refractivity contribution >= 4 is 11.8 Å². The zero-order valence-electron chi connectivity index (χ0n) is 17.3. The first-order chi connectivity index (χ1) is 14.1. The summed E-state index contributed by atoms with van der Waals surface area (Å²) in [5, 5.41) is 0. The minimum atomic E-state index is -0.183. The minimum Gasteiger partial charge on any atom is -0.339 e. The Labute approximate surface area is 172 Å². The summed E-state index contributed by atoms with van der Waals surface area (Å²) < 4.78 is 0. The monoisotopic (exact) mass is 397 g/mol. The van der Waals surface area contributed by atoms with E-state index in [0.717, 1.165) is 49.3 Å². The summed E-state index contributed by atoms with van der Waals surface area (Å²) >= 11 is 0. The number of hydrogen-bond acceptors (Lipinski definition) is 5. The Morgan fingerprint density at radius 2 is 1.97 bits per heavy atom. The molecule has 2 amide bonds. The van der Waals surface area contributed by atoms with Crippen LogP contribution in [-0.2, 0) is 22.6 Å². The largest absolute Gasteiger partial charge is 0.339 e. The van der Waals surface area contributed by atoms with E-state index in [0.29, 0.717) is 38.1 Å². The first-order valence-corrected chi connectivity index (χ1v) is 11.2. The maximum atomic E-state index is 13.1. The lowest BCUT2D eigenvalue weighted by Gasteiger charge is -2.31. The highest BCUT2D eigenvalue weighted by atomic mass is 16.2. The smallest absolute Gasteiger partial charge is 0.228 e. The van der Waals surface area contributed by atoms with Gasteiger partial charge in [0.1, 0.15) is 5.82 Å². The highest BCUT2D eigenvalue weighted by molar-refractivity contribution is 5.89. The van der Waals surface area contributed by atoms with E-state index in [1.807, 2.05) is 16.0 Å². The molecule has 0 spiro atoms. The highest BCUT2D eigenvalue weighted by Crippen LogP contribution is 2.32. The van der Waals surface area contributed by atoms with Crippen molar-refractivity contribution in [3.05, 3.63) is 23.3 Å². The summed E-state index contributed by atoms with van der Waals surface area (Å²) in [6.45, 7) is 2.97. The molecular weight excluding hydrogens is 366 g/mol. The molecule has 1 aromatic heterocycles. The predicted molar refractivity (Wildman–Crippen MR) is 108 cm³/mol. The molecule has 29 heavy (non-hydrogen) atoms. The first kappa shape index (κ1) is 19.0. The molecule has 156 valence electrons. The zero-order valence-corrected chi connectivity index (χ0v) is 17.3. The standard InChI is InChI=1S/C22H31N5O2/c1-25-9-4-7-19(25)21-23-12-16-13-26(10-8-18(16)24-21)22(29)15-11-20(28)27(14-15)17-5-2-3-6-17/h12,15,17,19H,2-11,13-14H2,1H3/t15-,19-/m1/s1. The van der Waals surface area contributed by atoms with Crippen LogP contribution in [0.3, 0.4) is 0 Å². The molecule has 0 aromatic carbocycles. The van der Waals surface area contributed by atoms with Crippen molar-refractivity contribution in [2.45, 2.75) is 70.0 Å². The molecule has 2 atom stereocenters. The van der Waals surface area contributed by atoms with Crippen LogP contribution < -0.4 is 0 Å². The van der Waals surface area contributed by atoms with Gasteiger partial charge < -0.3 is 9.80 Å². The van der Waals surface area contributed by atoms with Crippen molar-refractivity contribution in [1.82, 2.24) is 24.7 Å². The molecule has 2 saturated heterocycles. The third-order valence-electron chi connectivity index (χ3n) is 7.36. The number of amides is 2. The Bertz CT molecular complexity index is 806. The number of hydrogen-bond donors (Lipinski definition) is 0. The summed E-state index contributed by atoms with van der Waals surface area (Å²) in [5.41, 5.74) is 2.15. The van der Waals surface area contributed by atoms with Crippen molar-refractivity contribution in [2.75, 3.05) is 26.7 Å². The van der Waals surface area contributed by atoms with Gasteiger partial charge in [-0.05, 0) is 39.3 Å². The van der Waals surface area contributed by atoms with E-state index in [-0.39, 0.29) is 17.7 Å². The van der Waals surface area contributed by atoms with E-state index in [1.165, 1.54) is 19.3 Å². The van der Waals surface area contributed by atoms with Crippen molar-refractivity contribution in [1.29, 1.82) is 0 Å². The lowest BCUT2D eigenvalue weighted by Crippen LogP contribution is -2.42. The van der Waals surface area contributed by atoms with Gasteiger partial charge in [0.25, 0.3) is 0 Å². The van der Waals surface area contributed by atoms with Crippen LogP contribution in [0.4, 0.5) is 0 Å². The fraction of sp³-hybridized carbons (Fsp3) is 0.727. The second-order valence-corrected chi connectivity index (χ2v) is 9.23. The van der Waals surface area contributed by atoms with Crippen LogP contribution in [0.25, 0.3) is 0 Å². The second kappa shape index (κ2) is 7.67. The Morgan fingerprint density at radius 1 is 1.14 bits per heavy atom. The number of carbonyl (C=O) groups is 2. The average molecular weight is 398 g/mol. The quantitative estimate of drug-likeness (QED) is 0.779. The number of nitrogens with zero attached hydrogens (tertiary/aromatic N) is 5. The van der Waals surface area contributed by atoms with Gasteiger partial charge >= 0.3 is 0 Å². The third kappa shape index (κ3) is 3.54. The average Bonchev–Trinajstić information content (AvgIpc) is 3.47. The minimum absolute atomic E-state index is 0.129. The molecule has 4 aliphatic rings. The van der Waals surface area contributed by atoms with Gasteiger partial charge in [-0.1, -0.05) is 12.8 Å². The molecule has 7 nitrogen and oxygen atoms in total. The summed E-state index contributed by atoms with van der Waals surface area (Å²) in [6.07, 6.45) is 9.99. The van der Waals surface area contributed by atoms with Crippen LogP contribution in [0.5, 0.6) is 0 Å². The summed E-state index contributed by atoms with van der Waals surface area (Å²) in [4.78, 5) is 41.3.